The molecule has 0 fully saturated rings. The molecule has 0 aliphatic heterocycles. The Hall–Kier alpha value is -1.11. The molecule has 5 nitrogen and oxygen atoms in total. The molecule has 3 N–H and O–H groups in total. The highest BCUT2D eigenvalue weighted by molar-refractivity contribution is 7.89. The first-order chi connectivity index (χ1) is 8.93. The molecule has 0 saturated heterocycles. The Morgan fingerprint density at radius 2 is 2.00 bits per heavy atom. The lowest BCUT2D eigenvalue weighted by Gasteiger charge is -2.22. The van der Waals surface area contributed by atoms with Gasteiger partial charge in [-0.15, -0.1) is 0 Å². The molecule has 1 aromatic rings. The van der Waals surface area contributed by atoms with Gasteiger partial charge in [-0.1, -0.05) is 19.4 Å². The van der Waals surface area contributed by atoms with Crippen LogP contribution in [0.15, 0.2) is 23.1 Å². The first kappa shape index (κ1) is 15.9. The molecule has 0 unspecified atom stereocenters. The van der Waals surface area contributed by atoms with E-state index in [1.54, 1.807) is 12.1 Å². The third-order valence-corrected chi connectivity index (χ3v) is 4.87. The van der Waals surface area contributed by atoms with Crippen molar-refractivity contribution in [3.63, 3.8) is 0 Å². The first-order valence-corrected chi connectivity index (χ1v) is 7.84. The van der Waals surface area contributed by atoms with E-state index in [1.807, 2.05) is 13.8 Å². The summed E-state index contributed by atoms with van der Waals surface area (Å²) in [7, 11) is -3.63. The maximum Gasteiger partial charge on any atom is 0.245 e. The van der Waals surface area contributed by atoms with Crippen molar-refractivity contribution in [1.82, 2.24) is 4.31 Å². The van der Waals surface area contributed by atoms with Crippen LogP contribution in [0.4, 0.5) is 5.69 Å². The van der Waals surface area contributed by atoms with Gasteiger partial charge in [-0.3, -0.25) is 0 Å². The van der Waals surface area contributed by atoms with Crippen molar-refractivity contribution in [1.29, 1.82) is 0 Å². The van der Waals surface area contributed by atoms with Crippen LogP contribution in [0.1, 0.15) is 25.3 Å². The Morgan fingerprint density at radius 1 is 1.32 bits per heavy atom. The maximum absolute atomic E-state index is 12.5. The van der Waals surface area contributed by atoms with E-state index in [-0.39, 0.29) is 23.7 Å². The number of nitrogens with two attached hydrogens (primary N) is 1. The van der Waals surface area contributed by atoms with E-state index in [4.69, 9.17) is 10.8 Å². The number of benzene rings is 1. The van der Waals surface area contributed by atoms with Gasteiger partial charge in [0.05, 0.1) is 12.3 Å². The summed E-state index contributed by atoms with van der Waals surface area (Å²) in [6.45, 7) is 4.14. The molecule has 0 aliphatic rings. The Kier molecular flexibility index (Phi) is 5.78. The summed E-state index contributed by atoms with van der Waals surface area (Å²) >= 11 is 0. The summed E-state index contributed by atoms with van der Waals surface area (Å²) in [5.41, 5.74) is 6.97. The molecule has 0 radical (unpaired) electrons. The summed E-state index contributed by atoms with van der Waals surface area (Å²) in [5.74, 6) is 0. The third kappa shape index (κ3) is 3.92. The van der Waals surface area contributed by atoms with E-state index in [2.05, 4.69) is 0 Å². The molecule has 1 rings (SSSR count). The fourth-order valence-electron chi connectivity index (χ4n) is 1.84. The zero-order valence-corrected chi connectivity index (χ0v) is 12.3. The number of unbranched alkanes of at least 4 members (excludes halogenated alkanes) is 1. The average molecular weight is 286 g/mol. The van der Waals surface area contributed by atoms with Gasteiger partial charge in [-0.25, -0.2) is 8.42 Å². The van der Waals surface area contributed by atoms with E-state index in [0.29, 0.717) is 6.54 Å². The van der Waals surface area contributed by atoms with Crippen LogP contribution in [-0.4, -0.2) is 37.5 Å². The van der Waals surface area contributed by atoms with Gasteiger partial charge in [-0.2, -0.15) is 4.31 Å². The number of hydrogen-bond donors (Lipinski definition) is 2. The fraction of sp³-hybridized carbons (Fsp3) is 0.538. The Balaban J connectivity index is 3.11. The highest BCUT2D eigenvalue weighted by Crippen LogP contribution is 2.23. The van der Waals surface area contributed by atoms with E-state index in [1.165, 1.54) is 10.4 Å². The summed E-state index contributed by atoms with van der Waals surface area (Å²) in [6.07, 6.45) is 1.64. The van der Waals surface area contributed by atoms with Crippen LogP contribution in [0.5, 0.6) is 0 Å². The lowest BCUT2D eigenvalue weighted by molar-refractivity contribution is 0.252. The zero-order chi connectivity index (χ0) is 14.5. The van der Waals surface area contributed by atoms with Gasteiger partial charge in [-0.05, 0) is 31.0 Å². The van der Waals surface area contributed by atoms with Crippen molar-refractivity contribution in [2.45, 2.75) is 31.6 Å². The summed E-state index contributed by atoms with van der Waals surface area (Å²) in [5, 5.41) is 9.02. The normalized spacial score (nSPS) is 12.0. The van der Waals surface area contributed by atoms with Gasteiger partial charge in [0.15, 0.2) is 0 Å². The van der Waals surface area contributed by atoms with Gasteiger partial charge >= 0.3 is 0 Å². The second kappa shape index (κ2) is 6.88. The quantitative estimate of drug-likeness (QED) is 0.741. The molecule has 0 aromatic heterocycles. The summed E-state index contributed by atoms with van der Waals surface area (Å²) in [4.78, 5) is 0.114. The molecule has 6 heteroatoms. The number of aryl methyl sites for hydroxylation is 1. The van der Waals surface area contributed by atoms with Gasteiger partial charge in [0.2, 0.25) is 10.0 Å². The van der Waals surface area contributed by atoms with Gasteiger partial charge in [0.25, 0.3) is 0 Å². The average Bonchev–Trinajstić information content (AvgIpc) is 2.33. The second-order valence-corrected chi connectivity index (χ2v) is 6.43. The Labute approximate surface area is 115 Å². The Morgan fingerprint density at radius 3 is 2.53 bits per heavy atom. The van der Waals surface area contributed by atoms with E-state index < -0.39 is 10.0 Å². The van der Waals surface area contributed by atoms with Crippen molar-refractivity contribution in [2.75, 3.05) is 25.4 Å². The molecule has 0 bridgehead atoms. The fourth-order valence-corrected chi connectivity index (χ4v) is 3.41. The predicted octanol–water partition coefficient (Wildman–Crippen LogP) is 1.36. The van der Waals surface area contributed by atoms with Gasteiger partial charge in [0, 0.05) is 13.1 Å². The van der Waals surface area contributed by atoms with Crippen molar-refractivity contribution < 1.29 is 13.5 Å². The molecule has 19 heavy (non-hydrogen) atoms. The first-order valence-electron chi connectivity index (χ1n) is 6.40. The largest absolute Gasteiger partial charge is 0.398 e. The van der Waals surface area contributed by atoms with E-state index in [9.17, 15) is 8.42 Å². The predicted molar refractivity (Wildman–Crippen MR) is 76.3 cm³/mol. The molecule has 0 atom stereocenters. The van der Waals surface area contributed by atoms with Crippen LogP contribution in [0.3, 0.4) is 0 Å². The SMILES string of the molecule is CCCCN(CCO)S(=O)(=O)c1ccc(C)cc1N. The number of aliphatic hydroxyl groups excluding tert-OH is 1. The molecular formula is C13H22N2O3S. The highest BCUT2D eigenvalue weighted by atomic mass is 32.2. The third-order valence-electron chi connectivity index (χ3n) is 2.89. The number of rotatable bonds is 7. The van der Waals surface area contributed by atoms with Crippen LogP contribution in [-0.2, 0) is 10.0 Å². The minimum absolute atomic E-state index is 0.0929. The van der Waals surface area contributed by atoms with Crippen LogP contribution in [0, 0.1) is 6.92 Å². The molecule has 0 saturated carbocycles. The monoisotopic (exact) mass is 286 g/mol. The topological polar surface area (TPSA) is 83.6 Å². The standard InChI is InChI=1S/C13H22N2O3S/c1-3-4-7-15(8-9-16)19(17,18)13-6-5-11(2)10-12(13)14/h5-6,10,16H,3-4,7-9,14H2,1-2H3. The molecule has 0 amide bonds. The van der Waals surface area contributed by atoms with Crippen molar-refractivity contribution in [3.05, 3.63) is 23.8 Å². The maximum atomic E-state index is 12.5. The lowest BCUT2D eigenvalue weighted by Crippen LogP contribution is -2.34. The molecule has 1 aromatic carbocycles. The molecule has 0 spiro atoms. The number of sulfonamides is 1. The Bertz CT molecular complexity index is 515. The molecule has 0 aliphatic carbocycles. The number of aliphatic hydroxyl groups is 1. The van der Waals surface area contributed by atoms with Crippen molar-refractivity contribution in [2.24, 2.45) is 0 Å². The minimum Gasteiger partial charge on any atom is -0.398 e. The molecular weight excluding hydrogens is 264 g/mol. The number of nitrogen functional groups attached to an aromatic ring is 1. The van der Waals surface area contributed by atoms with Crippen LogP contribution in [0.25, 0.3) is 0 Å². The number of anilines is 1. The zero-order valence-electron chi connectivity index (χ0n) is 11.5. The van der Waals surface area contributed by atoms with Crippen molar-refractivity contribution in [3.8, 4) is 0 Å². The highest BCUT2D eigenvalue weighted by Gasteiger charge is 2.25. The lowest BCUT2D eigenvalue weighted by atomic mass is 10.2. The summed E-state index contributed by atoms with van der Waals surface area (Å²) < 4.78 is 26.3. The molecule has 0 heterocycles. The molecule has 108 valence electrons. The van der Waals surface area contributed by atoms with Crippen LogP contribution < -0.4 is 5.73 Å². The van der Waals surface area contributed by atoms with E-state index in [0.717, 1.165) is 18.4 Å². The van der Waals surface area contributed by atoms with Gasteiger partial charge < -0.3 is 10.8 Å². The number of hydrogen-bond acceptors (Lipinski definition) is 4. The van der Waals surface area contributed by atoms with Crippen LogP contribution in [0.2, 0.25) is 0 Å². The second-order valence-electron chi connectivity index (χ2n) is 4.52. The van der Waals surface area contributed by atoms with Gasteiger partial charge in [0.1, 0.15) is 4.90 Å². The number of nitrogens with zero attached hydrogens (tertiary/aromatic N) is 1. The van der Waals surface area contributed by atoms with Crippen molar-refractivity contribution >= 4 is 15.7 Å². The summed E-state index contributed by atoms with van der Waals surface area (Å²) in [6, 6.07) is 4.89. The minimum atomic E-state index is -3.63. The van der Waals surface area contributed by atoms with E-state index >= 15 is 0 Å². The van der Waals surface area contributed by atoms with Crippen LogP contribution >= 0.6 is 0 Å². The smallest absolute Gasteiger partial charge is 0.245 e.